The molecule has 0 amide bonds. The molecule has 0 aliphatic carbocycles. The number of hydrogen-bond donors (Lipinski definition) is 1. The largest absolute Gasteiger partial charge is 0.386 e. The van der Waals surface area contributed by atoms with Gasteiger partial charge in [-0.1, -0.05) is 4.49 Å². The first-order valence-electron chi connectivity index (χ1n) is 3.16. The van der Waals surface area contributed by atoms with Crippen molar-refractivity contribution >= 4 is 27.6 Å². The molecule has 56 valence electrons. The molecule has 2 heterocycles. The average Bonchev–Trinajstić information content (AvgIpc) is 2.50. The lowest BCUT2D eigenvalue weighted by molar-refractivity contribution is 1.19. The minimum atomic E-state index is 0.847. The van der Waals surface area contributed by atoms with Crippen molar-refractivity contribution in [1.29, 1.82) is 0 Å². The number of hydrogen-bond acceptors (Lipinski definition) is 5. The van der Waals surface area contributed by atoms with Crippen molar-refractivity contribution in [2.45, 2.75) is 0 Å². The molecule has 0 fully saturated rings. The van der Waals surface area contributed by atoms with Crippen molar-refractivity contribution in [1.82, 2.24) is 14.6 Å². The summed E-state index contributed by atoms with van der Waals surface area (Å²) >= 11 is 1.30. The topological polar surface area (TPSA) is 50.7 Å². The second-order valence-corrected chi connectivity index (χ2v) is 2.77. The van der Waals surface area contributed by atoms with E-state index in [1.165, 1.54) is 11.5 Å². The number of rotatable bonds is 1. The number of anilines is 1. The molecule has 0 aliphatic heterocycles. The van der Waals surface area contributed by atoms with E-state index in [1.54, 1.807) is 6.20 Å². The number of fused-ring (bicyclic) bond motifs is 1. The second-order valence-electron chi connectivity index (χ2n) is 2.04. The fourth-order valence-corrected chi connectivity index (χ4v) is 1.44. The van der Waals surface area contributed by atoms with E-state index in [1.807, 2.05) is 13.1 Å². The standard InChI is InChI=1S/C6H6N4S/c1-7-4-2-3-8-6-5(4)9-10-11-6/h2-3H,1H3,(H,7,8). The maximum Gasteiger partial charge on any atom is 0.166 e. The summed E-state index contributed by atoms with van der Waals surface area (Å²) in [6.07, 6.45) is 1.74. The van der Waals surface area contributed by atoms with E-state index in [0.717, 1.165) is 16.0 Å². The van der Waals surface area contributed by atoms with Gasteiger partial charge in [-0.2, -0.15) is 0 Å². The van der Waals surface area contributed by atoms with Gasteiger partial charge in [0, 0.05) is 24.8 Å². The normalized spacial score (nSPS) is 10.3. The molecule has 0 aliphatic rings. The molecule has 2 aromatic heterocycles. The van der Waals surface area contributed by atoms with Gasteiger partial charge in [0.05, 0.1) is 5.69 Å². The Morgan fingerprint density at radius 3 is 3.27 bits per heavy atom. The monoisotopic (exact) mass is 166 g/mol. The highest BCUT2D eigenvalue weighted by molar-refractivity contribution is 7.12. The lowest BCUT2D eigenvalue weighted by Gasteiger charge is -1.96. The zero-order valence-electron chi connectivity index (χ0n) is 5.90. The quantitative estimate of drug-likeness (QED) is 0.690. The molecule has 2 aromatic rings. The van der Waals surface area contributed by atoms with Crippen LogP contribution in [0.5, 0.6) is 0 Å². The Morgan fingerprint density at radius 2 is 2.45 bits per heavy atom. The Bertz CT molecular complexity index is 369. The van der Waals surface area contributed by atoms with Crippen LogP contribution in [-0.2, 0) is 0 Å². The van der Waals surface area contributed by atoms with Crippen LogP contribution in [0, 0.1) is 0 Å². The zero-order valence-corrected chi connectivity index (χ0v) is 6.72. The van der Waals surface area contributed by atoms with Gasteiger partial charge in [-0.05, 0) is 6.07 Å². The summed E-state index contributed by atoms with van der Waals surface area (Å²) in [7, 11) is 1.86. The van der Waals surface area contributed by atoms with E-state index in [0.29, 0.717) is 0 Å². The maximum atomic E-state index is 4.10. The fourth-order valence-electron chi connectivity index (χ4n) is 0.900. The van der Waals surface area contributed by atoms with Crippen LogP contribution in [0.2, 0.25) is 0 Å². The average molecular weight is 166 g/mol. The molecule has 0 spiro atoms. The van der Waals surface area contributed by atoms with Crippen molar-refractivity contribution in [3.8, 4) is 0 Å². The Balaban J connectivity index is 2.79. The van der Waals surface area contributed by atoms with Crippen molar-refractivity contribution in [2.24, 2.45) is 0 Å². The van der Waals surface area contributed by atoms with Crippen molar-refractivity contribution < 1.29 is 0 Å². The summed E-state index contributed by atoms with van der Waals surface area (Å²) in [5, 5.41) is 6.95. The second kappa shape index (κ2) is 2.43. The third kappa shape index (κ3) is 0.932. The van der Waals surface area contributed by atoms with Crippen LogP contribution in [-0.4, -0.2) is 21.6 Å². The van der Waals surface area contributed by atoms with Gasteiger partial charge in [-0.3, -0.25) is 0 Å². The lowest BCUT2D eigenvalue weighted by atomic mass is 10.4. The van der Waals surface area contributed by atoms with E-state index >= 15 is 0 Å². The van der Waals surface area contributed by atoms with Crippen LogP contribution >= 0.6 is 11.5 Å². The van der Waals surface area contributed by atoms with Crippen LogP contribution in [0.4, 0.5) is 5.69 Å². The van der Waals surface area contributed by atoms with E-state index in [9.17, 15) is 0 Å². The third-order valence-electron chi connectivity index (χ3n) is 1.43. The molecule has 0 unspecified atom stereocenters. The van der Waals surface area contributed by atoms with E-state index < -0.39 is 0 Å². The Morgan fingerprint density at radius 1 is 1.55 bits per heavy atom. The molecule has 4 nitrogen and oxygen atoms in total. The number of nitrogens with one attached hydrogen (secondary N) is 1. The van der Waals surface area contributed by atoms with Crippen LogP contribution in [0.25, 0.3) is 10.3 Å². The van der Waals surface area contributed by atoms with Crippen LogP contribution in [0.15, 0.2) is 12.3 Å². The molecule has 0 bridgehead atoms. The summed E-state index contributed by atoms with van der Waals surface area (Å²) in [6.45, 7) is 0. The molecule has 2 rings (SSSR count). The molecule has 0 radical (unpaired) electrons. The van der Waals surface area contributed by atoms with Crippen molar-refractivity contribution in [3.63, 3.8) is 0 Å². The third-order valence-corrected chi connectivity index (χ3v) is 2.06. The van der Waals surface area contributed by atoms with Crippen LogP contribution in [0.3, 0.4) is 0 Å². The minimum absolute atomic E-state index is 0.847. The Hall–Kier alpha value is -1.23. The van der Waals surface area contributed by atoms with Crippen molar-refractivity contribution in [3.05, 3.63) is 12.3 Å². The zero-order chi connectivity index (χ0) is 7.68. The smallest absolute Gasteiger partial charge is 0.166 e. The number of aromatic nitrogens is 3. The lowest BCUT2D eigenvalue weighted by Crippen LogP contribution is -1.89. The van der Waals surface area contributed by atoms with Gasteiger partial charge < -0.3 is 5.32 Å². The van der Waals surface area contributed by atoms with E-state index in [-0.39, 0.29) is 0 Å². The highest BCUT2D eigenvalue weighted by Crippen LogP contribution is 2.19. The molecular formula is C6H6N4S. The van der Waals surface area contributed by atoms with E-state index in [2.05, 4.69) is 19.9 Å². The van der Waals surface area contributed by atoms with Gasteiger partial charge in [-0.15, -0.1) is 5.10 Å². The van der Waals surface area contributed by atoms with Gasteiger partial charge in [0.15, 0.2) is 4.83 Å². The van der Waals surface area contributed by atoms with Crippen LogP contribution in [0.1, 0.15) is 0 Å². The fraction of sp³-hybridized carbons (Fsp3) is 0.167. The van der Waals surface area contributed by atoms with Gasteiger partial charge >= 0.3 is 0 Å². The summed E-state index contributed by atoms with van der Waals surface area (Å²) in [5.41, 5.74) is 1.82. The Labute approximate surface area is 67.4 Å². The van der Waals surface area contributed by atoms with Crippen molar-refractivity contribution in [2.75, 3.05) is 12.4 Å². The summed E-state index contributed by atoms with van der Waals surface area (Å²) in [5.74, 6) is 0. The predicted octanol–water partition coefficient (Wildman–Crippen LogP) is 1.13. The number of nitrogens with zero attached hydrogens (tertiary/aromatic N) is 3. The van der Waals surface area contributed by atoms with Gasteiger partial charge in [0.1, 0.15) is 5.52 Å². The molecule has 0 saturated carbocycles. The van der Waals surface area contributed by atoms with Crippen LogP contribution < -0.4 is 5.32 Å². The molecule has 0 saturated heterocycles. The first-order chi connectivity index (χ1) is 5.42. The Kier molecular flexibility index (Phi) is 1.43. The highest BCUT2D eigenvalue weighted by atomic mass is 32.1. The molecule has 0 aromatic carbocycles. The number of pyridine rings is 1. The molecule has 1 N–H and O–H groups in total. The highest BCUT2D eigenvalue weighted by Gasteiger charge is 2.02. The first-order valence-corrected chi connectivity index (χ1v) is 3.94. The summed E-state index contributed by atoms with van der Waals surface area (Å²) in [6, 6.07) is 1.88. The summed E-state index contributed by atoms with van der Waals surface area (Å²) < 4.78 is 3.80. The maximum absolute atomic E-state index is 4.10. The van der Waals surface area contributed by atoms with E-state index in [4.69, 9.17) is 0 Å². The molecule has 0 atom stereocenters. The SMILES string of the molecule is CNc1ccnc2snnc12. The minimum Gasteiger partial charge on any atom is -0.386 e. The molecule has 11 heavy (non-hydrogen) atoms. The first kappa shape index (κ1) is 6.48. The van der Waals surface area contributed by atoms with Gasteiger partial charge in [0.2, 0.25) is 0 Å². The van der Waals surface area contributed by atoms with Gasteiger partial charge in [0.25, 0.3) is 0 Å². The molecular weight excluding hydrogens is 160 g/mol. The predicted molar refractivity (Wildman–Crippen MR) is 44.8 cm³/mol. The molecule has 5 heteroatoms. The van der Waals surface area contributed by atoms with Gasteiger partial charge in [-0.25, -0.2) is 4.98 Å². The summed E-state index contributed by atoms with van der Waals surface area (Å²) in [4.78, 5) is 4.98.